The molecule has 3 heterocycles. The normalized spacial score (nSPS) is 23.7. The molecule has 1 amide bonds. The summed E-state index contributed by atoms with van der Waals surface area (Å²) >= 11 is 0. The molecule has 4 rings (SSSR count). The van der Waals surface area contributed by atoms with Gasteiger partial charge in [-0.1, -0.05) is 18.2 Å². The maximum atomic E-state index is 13.0. The number of carbonyl (C=O) groups excluding carboxylic acids is 1. The number of hydrogen-bond acceptors (Lipinski definition) is 3. The van der Waals surface area contributed by atoms with Gasteiger partial charge in [0.05, 0.1) is 12.7 Å². The quantitative estimate of drug-likeness (QED) is 0.871. The second kappa shape index (κ2) is 6.06. The summed E-state index contributed by atoms with van der Waals surface area (Å²) in [5, 5.41) is 4.29. The first-order valence-corrected chi connectivity index (χ1v) is 8.76. The van der Waals surface area contributed by atoms with Gasteiger partial charge < -0.3 is 4.90 Å². The van der Waals surface area contributed by atoms with E-state index in [9.17, 15) is 4.79 Å². The molecule has 1 saturated heterocycles. The lowest BCUT2D eigenvalue weighted by Crippen LogP contribution is -2.43. The summed E-state index contributed by atoms with van der Waals surface area (Å²) in [6, 6.07) is 8.83. The minimum Gasteiger partial charge on any atom is -0.308 e. The summed E-state index contributed by atoms with van der Waals surface area (Å²) in [4.78, 5) is 17.3. The van der Waals surface area contributed by atoms with Gasteiger partial charge in [-0.3, -0.25) is 14.4 Å². The van der Waals surface area contributed by atoms with Gasteiger partial charge in [0.1, 0.15) is 0 Å². The molecule has 1 aromatic carbocycles. The van der Waals surface area contributed by atoms with E-state index in [1.165, 1.54) is 11.1 Å². The monoisotopic (exact) mass is 324 g/mol. The largest absolute Gasteiger partial charge is 0.308 e. The van der Waals surface area contributed by atoms with Crippen LogP contribution in [0.15, 0.2) is 36.7 Å². The molecule has 1 aromatic heterocycles. The first-order chi connectivity index (χ1) is 11.6. The van der Waals surface area contributed by atoms with Crippen molar-refractivity contribution in [2.45, 2.75) is 38.3 Å². The number of amides is 1. The predicted molar refractivity (Wildman–Crippen MR) is 93.9 cm³/mol. The summed E-state index contributed by atoms with van der Waals surface area (Å²) in [6.45, 7) is 3.61. The fraction of sp³-hybridized carbons (Fsp3) is 0.474. The Morgan fingerprint density at radius 2 is 2.17 bits per heavy atom. The summed E-state index contributed by atoms with van der Waals surface area (Å²) in [6.07, 6.45) is 7.19. The van der Waals surface area contributed by atoms with Crippen LogP contribution in [0.1, 0.15) is 36.9 Å². The standard InChI is InChI=1S/C19H24N4O/c1-14-10-15-6-3-4-7-18(15)23(14)19(24)13-22-9-5-8-17(22)16-11-20-21(2)12-16/h3-4,6-7,11-12,14,17H,5,8-10,13H2,1-2H3/t14-,17-/m1/s1. The highest BCUT2D eigenvalue weighted by Gasteiger charge is 2.34. The Hall–Kier alpha value is -2.14. The van der Waals surface area contributed by atoms with Crippen molar-refractivity contribution in [1.82, 2.24) is 14.7 Å². The highest BCUT2D eigenvalue weighted by atomic mass is 16.2. The topological polar surface area (TPSA) is 41.4 Å². The van der Waals surface area contributed by atoms with Crippen molar-refractivity contribution >= 4 is 11.6 Å². The predicted octanol–water partition coefficient (Wildman–Crippen LogP) is 2.53. The van der Waals surface area contributed by atoms with Gasteiger partial charge >= 0.3 is 0 Å². The van der Waals surface area contributed by atoms with Crippen LogP contribution in [0.3, 0.4) is 0 Å². The second-order valence-electron chi connectivity index (χ2n) is 7.02. The van der Waals surface area contributed by atoms with Crippen molar-refractivity contribution in [1.29, 1.82) is 0 Å². The summed E-state index contributed by atoms with van der Waals surface area (Å²) in [7, 11) is 1.94. The lowest BCUT2D eigenvalue weighted by Gasteiger charge is -2.28. The Labute approximate surface area is 142 Å². The van der Waals surface area contributed by atoms with Crippen LogP contribution in [0.2, 0.25) is 0 Å². The van der Waals surface area contributed by atoms with Crippen molar-refractivity contribution in [3.8, 4) is 0 Å². The smallest absolute Gasteiger partial charge is 0.241 e. The maximum absolute atomic E-state index is 13.0. The minimum atomic E-state index is 0.211. The zero-order valence-electron chi connectivity index (χ0n) is 14.4. The number of aromatic nitrogens is 2. The SMILES string of the molecule is C[C@@H]1Cc2ccccc2N1C(=O)CN1CCC[C@@H]1c1cnn(C)c1. The van der Waals surface area contributed by atoms with E-state index in [-0.39, 0.29) is 11.9 Å². The van der Waals surface area contributed by atoms with E-state index in [4.69, 9.17) is 0 Å². The second-order valence-corrected chi connectivity index (χ2v) is 7.02. The Bertz CT molecular complexity index is 753. The van der Waals surface area contributed by atoms with Crippen LogP contribution < -0.4 is 4.90 Å². The third-order valence-corrected chi connectivity index (χ3v) is 5.29. The van der Waals surface area contributed by atoms with Gasteiger partial charge in [0.25, 0.3) is 0 Å². The van der Waals surface area contributed by atoms with Crippen LogP contribution in [0, 0.1) is 0 Å². The van der Waals surface area contributed by atoms with Gasteiger partial charge in [-0.15, -0.1) is 0 Å². The number of benzene rings is 1. The third-order valence-electron chi connectivity index (χ3n) is 5.29. The summed E-state index contributed by atoms with van der Waals surface area (Å²) in [5.74, 6) is 0.211. The van der Waals surface area contributed by atoms with E-state index in [0.717, 1.165) is 31.5 Å². The molecule has 0 bridgehead atoms. The molecule has 2 aliphatic rings. The molecule has 0 radical (unpaired) electrons. The Kier molecular flexibility index (Phi) is 3.88. The number of nitrogens with zero attached hydrogens (tertiary/aromatic N) is 4. The molecular weight excluding hydrogens is 300 g/mol. The first-order valence-electron chi connectivity index (χ1n) is 8.76. The van der Waals surface area contributed by atoms with Crippen molar-refractivity contribution in [2.75, 3.05) is 18.0 Å². The van der Waals surface area contributed by atoms with E-state index < -0.39 is 0 Å². The highest BCUT2D eigenvalue weighted by molar-refractivity contribution is 5.97. The molecule has 24 heavy (non-hydrogen) atoms. The lowest BCUT2D eigenvalue weighted by atomic mass is 10.1. The van der Waals surface area contributed by atoms with E-state index in [1.54, 1.807) is 0 Å². The Morgan fingerprint density at radius 1 is 1.33 bits per heavy atom. The zero-order chi connectivity index (χ0) is 16.7. The molecule has 0 unspecified atom stereocenters. The molecule has 1 fully saturated rings. The number of aryl methyl sites for hydroxylation is 1. The van der Waals surface area contributed by atoms with E-state index in [1.807, 2.05) is 28.9 Å². The van der Waals surface area contributed by atoms with E-state index in [2.05, 4.69) is 41.3 Å². The number of para-hydroxylation sites is 1. The molecule has 2 aromatic rings. The molecule has 5 heteroatoms. The number of rotatable bonds is 3. The summed E-state index contributed by atoms with van der Waals surface area (Å²) < 4.78 is 1.84. The molecule has 0 aliphatic carbocycles. The molecule has 2 aliphatic heterocycles. The summed E-state index contributed by atoms with van der Waals surface area (Å²) in [5.41, 5.74) is 3.59. The highest BCUT2D eigenvalue weighted by Crippen LogP contribution is 2.34. The molecule has 0 spiro atoms. The Morgan fingerprint density at radius 3 is 2.96 bits per heavy atom. The average Bonchev–Trinajstić information content (AvgIpc) is 3.24. The first kappa shape index (κ1) is 15.4. The zero-order valence-corrected chi connectivity index (χ0v) is 14.4. The van der Waals surface area contributed by atoms with Gasteiger partial charge in [0.15, 0.2) is 0 Å². The number of carbonyl (C=O) groups is 1. The van der Waals surface area contributed by atoms with Crippen molar-refractivity contribution in [2.24, 2.45) is 7.05 Å². The van der Waals surface area contributed by atoms with Crippen molar-refractivity contribution in [3.63, 3.8) is 0 Å². The van der Waals surface area contributed by atoms with Crippen molar-refractivity contribution < 1.29 is 4.79 Å². The van der Waals surface area contributed by atoms with Gasteiger partial charge in [0.2, 0.25) is 5.91 Å². The molecule has 5 nitrogen and oxygen atoms in total. The fourth-order valence-electron chi connectivity index (χ4n) is 4.20. The van der Waals surface area contributed by atoms with Crippen LogP contribution >= 0.6 is 0 Å². The third kappa shape index (κ3) is 2.63. The van der Waals surface area contributed by atoms with Gasteiger partial charge in [-0.05, 0) is 44.4 Å². The van der Waals surface area contributed by atoms with E-state index >= 15 is 0 Å². The van der Waals surface area contributed by atoms with Gasteiger partial charge in [0, 0.05) is 36.6 Å². The van der Waals surface area contributed by atoms with Crippen LogP contribution in [-0.4, -0.2) is 39.7 Å². The van der Waals surface area contributed by atoms with Crippen molar-refractivity contribution in [3.05, 3.63) is 47.8 Å². The van der Waals surface area contributed by atoms with Crippen LogP contribution in [0.25, 0.3) is 0 Å². The van der Waals surface area contributed by atoms with Crippen LogP contribution in [0.5, 0.6) is 0 Å². The molecule has 0 saturated carbocycles. The van der Waals surface area contributed by atoms with E-state index in [0.29, 0.717) is 12.6 Å². The lowest BCUT2D eigenvalue weighted by molar-refractivity contribution is -0.120. The molecule has 2 atom stereocenters. The fourth-order valence-corrected chi connectivity index (χ4v) is 4.20. The Balaban J connectivity index is 1.52. The molecular formula is C19H24N4O. The van der Waals surface area contributed by atoms with Gasteiger partial charge in [-0.2, -0.15) is 5.10 Å². The minimum absolute atomic E-state index is 0.211. The van der Waals surface area contributed by atoms with Crippen LogP contribution in [0.4, 0.5) is 5.69 Å². The molecule has 126 valence electrons. The number of likely N-dealkylation sites (tertiary alicyclic amines) is 1. The number of anilines is 1. The maximum Gasteiger partial charge on any atom is 0.241 e. The molecule has 0 N–H and O–H groups in total. The average molecular weight is 324 g/mol. The number of hydrogen-bond donors (Lipinski definition) is 0. The van der Waals surface area contributed by atoms with Gasteiger partial charge in [-0.25, -0.2) is 0 Å². The number of fused-ring (bicyclic) bond motifs is 1. The van der Waals surface area contributed by atoms with Crippen LogP contribution in [-0.2, 0) is 18.3 Å².